The zero-order chi connectivity index (χ0) is 16.7. The van der Waals surface area contributed by atoms with Crippen molar-refractivity contribution in [3.8, 4) is 5.69 Å². The summed E-state index contributed by atoms with van der Waals surface area (Å²) in [5, 5.41) is 4.64. The normalized spacial score (nSPS) is 13.2. The molecule has 1 amide bonds. The van der Waals surface area contributed by atoms with Gasteiger partial charge in [0.2, 0.25) is 0 Å². The second-order valence-corrected chi connectivity index (χ2v) is 6.28. The van der Waals surface area contributed by atoms with Crippen LogP contribution in [0.25, 0.3) is 5.69 Å². The molecule has 0 saturated carbocycles. The van der Waals surface area contributed by atoms with Gasteiger partial charge in [0.1, 0.15) is 0 Å². The van der Waals surface area contributed by atoms with Crippen molar-refractivity contribution in [2.75, 3.05) is 0 Å². The Morgan fingerprint density at radius 1 is 1.21 bits per heavy atom. The van der Waals surface area contributed by atoms with Crippen molar-refractivity contribution in [1.82, 2.24) is 19.7 Å². The average Bonchev–Trinajstić information content (AvgIpc) is 3.23. The van der Waals surface area contributed by atoms with Crippen LogP contribution in [0.2, 0.25) is 5.02 Å². The fraction of sp³-hybridized carbons (Fsp3) is 0.167. The van der Waals surface area contributed by atoms with Gasteiger partial charge in [-0.1, -0.05) is 11.6 Å². The summed E-state index contributed by atoms with van der Waals surface area (Å²) in [7, 11) is 0. The van der Waals surface area contributed by atoms with Crippen LogP contribution in [0.5, 0.6) is 0 Å². The molecule has 1 aliphatic rings. The Morgan fingerprint density at radius 2 is 2.04 bits per heavy atom. The summed E-state index contributed by atoms with van der Waals surface area (Å²) < 4.78 is 1.71. The first kappa shape index (κ1) is 14.9. The van der Waals surface area contributed by atoms with Gasteiger partial charge in [0.25, 0.3) is 5.91 Å². The first-order valence-corrected chi connectivity index (χ1v) is 8.03. The van der Waals surface area contributed by atoms with E-state index in [2.05, 4.69) is 10.1 Å². The third-order valence-corrected chi connectivity index (χ3v) is 4.51. The maximum Gasteiger partial charge on any atom is 0.256 e. The summed E-state index contributed by atoms with van der Waals surface area (Å²) in [6.45, 7) is 3.10. The molecule has 120 valence electrons. The molecule has 0 aliphatic carbocycles. The monoisotopic (exact) mass is 338 g/mol. The zero-order valence-corrected chi connectivity index (χ0v) is 13.9. The van der Waals surface area contributed by atoms with Crippen LogP contribution in [0.3, 0.4) is 0 Å². The van der Waals surface area contributed by atoms with E-state index < -0.39 is 0 Å². The van der Waals surface area contributed by atoms with Gasteiger partial charge in [-0.15, -0.1) is 0 Å². The number of amides is 1. The van der Waals surface area contributed by atoms with E-state index in [1.54, 1.807) is 27.9 Å². The van der Waals surface area contributed by atoms with Gasteiger partial charge < -0.3 is 4.90 Å². The Kier molecular flexibility index (Phi) is 3.58. The molecule has 5 nitrogen and oxygen atoms in total. The van der Waals surface area contributed by atoms with E-state index in [-0.39, 0.29) is 5.91 Å². The molecule has 6 heteroatoms. The predicted molar refractivity (Wildman–Crippen MR) is 91.1 cm³/mol. The Labute approximate surface area is 144 Å². The van der Waals surface area contributed by atoms with Crippen LogP contribution in [0.15, 0.2) is 48.9 Å². The van der Waals surface area contributed by atoms with Gasteiger partial charge >= 0.3 is 0 Å². The molecule has 4 rings (SSSR count). The number of benzene rings is 1. The number of aromatic nitrogens is 3. The average molecular weight is 339 g/mol. The number of hydrogen-bond acceptors (Lipinski definition) is 3. The van der Waals surface area contributed by atoms with Gasteiger partial charge in [-0.3, -0.25) is 9.78 Å². The van der Waals surface area contributed by atoms with Gasteiger partial charge in [-0.2, -0.15) is 5.10 Å². The highest BCUT2D eigenvalue weighted by Crippen LogP contribution is 2.27. The first-order chi connectivity index (χ1) is 11.6. The second-order valence-electron chi connectivity index (χ2n) is 5.87. The lowest BCUT2D eigenvalue weighted by atomic mass is 10.1. The zero-order valence-electron chi connectivity index (χ0n) is 13.1. The number of fused-ring (bicyclic) bond motifs is 1. The molecule has 0 saturated heterocycles. The van der Waals surface area contributed by atoms with Crippen molar-refractivity contribution in [3.63, 3.8) is 0 Å². The topological polar surface area (TPSA) is 51.0 Å². The summed E-state index contributed by atoms with van der Waals surface area (Å²) >= 11 is 6.28. The van der Waals surface area contributed by atoms with Crippen LogP contribution in [0, 0.1) is 6.92 Å². The van der Waals surface area contributed by atoms with Crippen molar-refractivity contribution in [2.45, 2.75) is 20.0 Å². The molecule has 0 fully saturated rings. The Bertz CT molecular complexity index is 921. The van der Waals surface area contributed by atoms with Crippen molar-refractivity contribution in [3.05, 3.63) is 76.3 Å². The van der Waals surface area contributed by atoms with E-state index in [1.807, 2.05) is 37.5 Å². The lowest BCUT2D eigenvalue weighted by Crippen LogP contribution is -2.25. The molecular weight excluding hydrogens is 324 g/mol. The van der Waals surface area contributed by atoms with Crippen LogP contribution in [0.1, 0.15) is 27.2 Å². The Balaban J connectivity index is 1.65. The number of carbonyl (C=O) groups is 1. The molecule has 3 heterocycles. The third kappa shape index (κ3) is 2.57. The van der Waals surface area contributed by atoms with Gasteiger partial charge in [0.05, 0.1) is 16.3 Å². The third-order valence-electron chi connectivity index (χ3n) is 4.18. The van der Waals surface area contributed by atoms with Crippen molar-refractivity contribution < 1.29 is 4.79 Å². The van der Waals surface area contributed by atoms with E-state index in [4.69, 9.17) is 11.6 Å². The summed E-state index contributed by atoms with van der Waals surface area (Å²) in [4.78, 5) is 19.0. The smallest absolute Gasteiger partial charge is 0.256 e. The number of aryl methyl sites for hydroxylation is 1. The van der Waals surface area contributed by atoms with Crippen molar-refractivity contribution >= 4 is 17.5 Å². The number of halogens is 1. The van der Waals surface area contributed by atoms with Crippen LogP contribution < -0.4 is 0 Å². The highest BCUT2D eigenvalue weighted by Gasteiger charge is 2.26. The van der Waals surface area contributed by atoms with Gasteiger partial charge in [0.15, 0.2) is 0 Å². The minimum Gasteiger partial charge on any atom is -0.330 e. The van der Waals surface area contributed by atoms with Gasteiger partial charge in [0, 0.05) is 37.4 Å². The summed E-state index contributed by atoms with van der Waals surface area (Å²) in [6.07, 6.45) is 5.37. The van der Waals surface area contributed by atoms with Crippen molar-refractivity contribution in [2.24, 2.45) is 0 Å². The number of nitrogens with zero attached hydrogens (tertiary/aromatic N) is 4. The highest BCUT2D eigenvalue weighted by molar-refractivity contribution is 6.33. The van der Waals surface area contributed by atoms with Gasteiger partial charge in [-0.05, 0) is 48.4 Å². The summed E-state index contributed by atoms with van der Waals surface area (Å²) in [6, 6.07) is 9.23. The number of carbonyl (C=O) groups excluding carboxylic acids is 1. The molecular formula is C18H15ClN4O. The minimum absolute atomic E-state index is 0.0807. The molecule has 0 N–H and O–H groups in total. The molecule has 0 atom stereocenters. The maximum absolute atomic E-state index is 12.9. The van der Waals surface area contributed by atoms with Gasteiger partial charge in [-0.25, -0.2) is 4.68 Å². The summed E-state index contributed by atoms with van der Waals surface area (Å²) in [5.74, 6) is -0.0807. The lowest BCUT2D eigenvalue weighted by Gasteiger charge is -2.17. The van der Waals surface area contributed by atoms with Crippen LogP contribution >= 0.6 is 11.6 Å². The molecule has 0 bridgehead atoms. The summed E-state index contributed by atoms with van der Waals surface area (Å²) in [5.41, 5.74) is 4.49. The van der Waals surface area contributed by atoms with Crippen LogP contribution in [-0.4, -0.2) is 25.6 Å². The largest absolute Gasteiger partial charge is 0.330 e. The van der Waals surface area contributed by atoms with Crippen molar-refractivity contribution in [1.29, 1.82) is 0 Å². The maximum atomic E-state index is 12.9. The molecule has 1 aliphatic heterocycles. The molecule has 1 aromatic carbocycles. The second kappa shape index (κ2) is 5.76. The predicted octanol–water partition coefficient (Wildman–Crippen LogP) is 3.39. The number of pyridine rings is 1. The Hall–Kier alpha value is -2.66. The molecule has 0 spiro atoms. The fourth-order valence-corrected chi connectivity index (χ4v) is 3.16. The SMILES string of the molecule is Cc1cc2c(cn1)CN(C(=O)c1cc(-n3cccn3)ccc1Cl)C2. The van der Waals surface area contributed by atoms with Crippen LogP contribution in [-0.2, 0) is 13.1 Å². The molecule has 0 unspecified atom stereocenters. The number of hydrogen-bond donors (Lipinski definition) is 0. The highest BCUT2D eigenvalue weighted by atomic mass is 35.5. The van der Waals surface area contributed by atoms with E-state index >= 15 is 0 Å². The standard InChI is InChI=1S/C18H15ClN4O/c1-12-7-13-10-22(11-14(13)9-20-12)18(24)16-8-15(3-4-17(16)19)23-6-2-5-21-23/h2-9H,10-11H2,1H3. The number of rotatable bonds is 2. The fourth-order valence-electron chi connectivity index (χ4n) is 2.96. The van der Waals surface area contributed by atoms with E-state index in [0.717, 1.165) is 22.5 Å². The van der Waals surface area contributed by atoms with E-state index in [0.29, 0.717) is 23.7 Å². The first-order valence-electron chi connectivity index (χ1n) is 7.65. The Morgan fingerprint density at radius 3 is 2.83 bits per heavy atom. The molecule has 3 aromatic rings. The van der Waals surface area contributed by atoms with E-state index in [9.17, 15) is 4.79 Å². The van der Waals surface area contributed by atoms with Crippen LogP contribution in [0.4, 0.5) is 0 Å². The quantitative estimate of drug-likeness (QED) is 0.719. The van der Waals surface area contributed by atoms with E-state index in [1.165, 1.54) is 0 Å². The molecule has 2 aromatic heterocycles. The molecule has 0 radical (unpaired) electrons. The lowest BCUT2D eigenvalue weighted by molar-refractivity contribution is 0.0751. The molecule has 24 heavy (non-hydrogen) atoms. The minimum atomic E-state index is -0.0807.